The zero-order valence-electron chi connectivity index (χ0n) is 10.0. The van der Waals surface area contributed by atoms with Gasteiger partial charge in [0.15, 0.2) is 5.84 Å². The lowest BCUT2D eigenvalue weighted by atomic mass is 10.1. The van der Waals surface area contributed by atoms with Gasteiger partial charge in [0, 0.05) is 11.1 Å². The maximum absolute atomic E-state index is 8.67. The van der Waals surface area contributed by atoms with Crippen LogP contribution in [0, 0.1) is 0 Å². The van der Waals surface area contributed by atoms with Crippen LogP contribution in [0.15, 0.2) is 29.4 Å². The van der Waals surface area contributed by atoms with E-state index < -0.39 is 0 Å². The summed E-state index contributed by atoms with van der Waals surface area (Å²) in [7, 11) is 0. The van der Waals surface area contributed by atoms with E-state index in [4.69, 9.17) is 22.5 Å². The highest BCUT2D eigenvalue weighted by molar-refractivity contribution is 6.30. The number of nitrogens with zero attached hydrogens (tertiary/aromatic N) is 1. The molecule has 0 saturated heterocycles. The quantitative estimate of drug-likeness (QED) is 0.328. The maximum atomic E-state index is 8.67. The third kappa shape index (κ3) is 3.91. The van der Waals surface area contributed by atoms with E-state index in [9.17, 15) is 0 Å². The lowest BCUT2D eigenvalue weighted by Gasteiger charge is -2.21. The summed E-state index contributed by atoms with van der Waals surface area (Å²) in [6.07, 6.45) is 0.751. The summed E-state index contributed by atoms with van der Waals surface area (Å²) in [5.41, 5.74) is 6.67. The van der Waals surface area contributed by atoms with Gasteiger partial charge in [0.05, 0.1) is 6.04 Å². The first-order valence-electron chi connectivity index (χ1n) is 5.57. The Balaban J connectivity index is 2.74. The molecule has 17 heavy (non-hydrogen) atoms. The third-order valence-corrected chi connectivity index (χ3v) is 2.92. The molecule has 5 heteroatoms. The summed E-state index contributed by atoms with van der Waals surface area (Å²) in [6, 6.07) is 7.56. The van der Waals surface area contributed by atoms with Crippen molar-refractivity contribution in [2.45, 2.75) is 32.4 Å². The molecular formula is C12H18ClN3O. The number of halogens is 1. The van der Waals surface area contributed by atoms with Crippen LogP contribution < -0.4 is 11.1 Å². The first kappa shape index (κ1) is 13.8. The minimum atomic E-state index is -0.144. The van der Waals surface area contributed by atoms with Gasteiger partial charge in [-0.1, -0.05) is 35.8 Å². The van der Waals surface area contributed by atoms with E-state index in [2.05, 4.69) is 10.5 Å². The largest absolute Gasteiger partial charge is 0.409 e. The Morgan fingerprint density at radius 2 is 2.29 bits per heavy atom. The second kappa shape index (κ2) is 6.47. The predicted octanol–water partition coefficient (Wildman–Crippen LogP) is 2.52. The van der Waals surface area contributed by atoms with Crippen LogP contribution in [0.2, 0.25) is 5.02 Å². The second-order valence-corrected chi connectivity index (χ2v) is 4.37. The van der Waals surface area contributed by atoms with Gasteiger partial charge in [-0.3, -0.25) is 0 Å². The van der Waals surface area contributed by atoms with E-state index in [1.165, 1.54) is 0 Å². The number of nitrogens with two attached hydrogens (primary N) is 1. The monoisotopic (exact) mass is 255 g/mol. The highest BCUT2D eigenvalue weighted by Gasteiger charge is 2.15. The summed E-state index contributed by atoms with van der Waals surface area (Å²) in [5.74, 6) is 0.196. The van der Waals surface area contributed by atoms with Gasteiger partial charge in [-0.2, -0.15) is 0 Å². The smallest absolute Gasteiger partial charge is 0.156 e. The molecule has 0 saturated carbocycles. The predicted molar refractivity (Wildman–Crippen MR) is 70.5 cm³/mol. The Labute approximate surface area is 106 Å². The molecule has 4 N–H and O–H groups in total. The van der Waals surface area contributed by atoms with Crippen molar-refractivity contribution in [3.63, 3.8) is 0 Å². The van der Waals surface area contributed by atoms with Crippen molar-refractivity contribution in [3.05, 3.63) is 34.9 Å². The molecule has 0 aliphatic rings. The molecule has 0 aliphatic heterocycles. The molecular weight excluding hydrogens is 238 g/mol. The maximum Gasteiger partial charge on any atom is 0.156 e. The summed E-state index contributed by atoms with van der Waals surface area (Å²) in [5, 5.41) is 15.7. The molecule has 1 aromatic carbocycles. The van der Waals surface area contributed by atoms with Crippen molar-refractivity contribution >= 4 is 17.4 Å². The molecule has 4 nitrogen and oxygen atoms in total. The van der Waals surface area contributed by atoms with Crippen molar-refractivity contribution in [2.24, 2.45) is 10.9 Å². The highest BCUT2D eigenvalue weighted by atomic mass is 35.5. The van der Waals surface area contributed by atoms with Crippen LogP contribution in [-0.4, -0.2) is 17.1 Å². The Morgan fingerprint density at radius 1 is 1.59 bits per heavy atom. The molecule has 0 heterocycles. The average molecular weight is 256 g/mol. The van der Waals surface area contributed by atoms with Crippen molar-refractivity contribution in [3.8, 4) is 0 Å². The molecule has 2 atom stereocenters. The molecule has 1 aromatic rings. The molecule has 1 rings (SSSR count). The Morgan fingerprint density at radius 3 is 2.82 bits per heavy atom. The van der Waals surface area contributed by atoms with Gasteiger partial charge in [0.1, 0.15) is 0 Å². The summed E-state index contributed by atoms with van der Waals surface area (Å²) in [6.45, 7) is 3.99. The number of hydrogen-bond donors (Lipinski definition) is 3. The molecule has 0 fully saturated rings. The number of nitrogens with one attached hydrogen (secondary N) is 1. The first-order chi connectivity index (χ1) is 8.08. The first-order valence-corrected chi connectivity index (χ1v) is 5.95. The van der Waals surface area contributed by atoms with E-state index in [1.807, 2.05) is 38.1 Å². The lowest BCUT2D eigenvalue weighted by molar-refractivity contribution is 0.313. The molecule has 0 amide bonds. The van der Waals surface area contributed by atoms with Crippen LogP contribution in [0.4, 0.5) is 0 Å². The van der Waals surface area contributed by atoms with E-state index in [-0.39, 0.29) is 17.9 Å². The average Bonchev–Trinajstić information content (AvgIpc) is 2.34. The third-order valence-electron chi connectivity index (χ3n) is 2.68. The van der Waals surface area contributed by atoms with Crippen LogP contribution in [0.3, 0.4) is 0 Å². The minimum absolute atomic E-state index is 0.0824. The molecule has 0 bridgehead atoms. The second-order valence-electron chi connectivity index (χ2n) is 3.93. The SMILES string of the molecule is CCC(N[C@@H](C)c1cccc(Cl)c1)/C(N)=N/O. The molecule has 0 aromatic heterocycles. The fourth-order valence-corrected chi connectivity index (χ4v) is 1.85. The Hall–Kier alpha value is -1.26. The van der Waals surface area contributed by atoms with Crippen LogP contribution in [-0.2, 0) is 0 Å². The molecule has 0 radical (unpaired) electrons. The number of amidine groups is 1. The highest BCUT2D eigenvalue weighted by Crippen LogP contribution is 2.18. The van der Waals surface area contributed by atoms with E-state index in [1.54, 1.807) is 0 Å². The molecule has 0 spiro atoms. The van der Waals surface area contributed by atoms with Gasteiger partial charge < -0.3 is 16.3 Å². The van der Waals surface area contributed by atoms with E-state index in [0.29, 0.717) is 5.02 Å². The normalized spacial score (nSPS) is 15.6. The number of hydrogen-bond acceptors (Lipinski definition) is 3. The van der Waals surface area contributed by atoms with Gasteiger partial charge >= 0.3 is 0 Å². The number of benzene rings is 1. The molecule has 94 valence electrons. The van der Waals surface area contributed by atoms with Gasteiger partial charge in [-0.05, 0) is 31.0 Å². The standard InChI is InChI=1S/C12H18ClN3O/c1-3-11(12(14)16-17)15-8(2)9-5-4-6-10(13)7-9/h4-8,11,15,17H,3H2,1-2H3,(H2,14,16)/t8-,11?/m0/s1. The molecule has 1 unspecified atom stereocenters. The van der Waals surface area contributed by atoms with E-state index in [0.717, 1.165) is 12.0 Å². The topological polar surface area (TPSA) is 70.6 Å². The zero-order valence-corrected chi connectivity index (χ0v) is 10.8. The van der Waals surface area contributed by atoms with Crippen molar-refractivity contribution < 1.29 is 5.21 Å². The van der Waals surface area contributed by atoms with Crippen LogP contribution in [0.1, 0.15) is 31.9 Å². The fraction of sp³-hybridized carbons (Fsp3) is 0.417. The van der Waals surface area contributed by atoms with Gasteiger partial charge in [0.25, 0.3) is 0 Å². The Kier molecular flexibility index (Phi) is 5.25. The van der Waals surface area contributed by atoms with Crippen LogP contribution >= 0.6 is 11.6 Å². The van der Waals surface area contributed by atoms with Crippen molar-refractivity contribution in [2.75, 3.05) is 0 Å². The van der Waals surface area contributed by atoms with Crippen LogP contribution in [0.5, 0.6) is 0 Å². The summed E-state index contributed by atoms with van der Waals surface area (Å²) < 4.78 is 0. The van der Waals surface area contributed by atoms with Crippen molar-refractivity contribution in [1.29, 1.82) is 0 Å². The van der Waals surface area contributed by atoms with Gasteiger partial charge in [-0.25, -0.2) is 0 Å². The van der Waals surface area contributed by atoms with E-state index >= 15 is 0 Å². The molecule has 0 aliphatic carbocycles. The van der Waals surface area contributed by atoms with Crippen molar-refractivity contribution in [1.82, 2.24) is 5.32 Å². The van der Waals surface area contributed by atoms with Crippen LogP contribution in [0.25, 0.3) is 0 Å². The zero-order chi connectivity index (χ0) is 12.8. The summed E-state index contributed by atoms with van der Waals surface area (Å²) >= 11 is 5.93. The number of rotatable bonds is 5. The Bertz CT molecular complexity index is 395. The number of oxime groups is 1. The minimum Gasteiger partial charge on any atom is -0.409 e. The lowest BCUT2D eigenvalue weighted by Crippen LogP contribution is -2.42. The summed E-state index contributed by atoms with van der Waals surface area (Å²) in [4.78, 5) is 0. The van der Waals surface area contributed by atoms with Gasteiger partial charge in [-0.15, -0.1) is 0 Å². The van der Waals surface area contributed by atoms with Gasteiger partial charge in [0.2, 0.25) is 0 Å². The fourth-order valence-electron chi connectivity index (χ4n) is 1.66.